The second-order valence-corrected chi connectivity index (χ2v) is 8.48. The van der Waals surface area contributed by atoms with Crippen LogP contribution >= 0.6 is 11.8 Å². The van der Waals surface area contributed by atoms with Crippen molar-refractivity contribution in [2.24, 2.45) is 0 Å². The first-order valence-electron chi connectivity index (χ1n) is 8.27. The summed E-state index contributed by atoms with van der Waals surface area (Å²) in [6.07, 6.45) is 0. The quantitative estimate of drug-likeness (QED) is 0.788. The number of carbonyl (C=O) groups is 2. The number of ether oxygens (including phenoxy) is 1. The fourth-order valence-corrected chi connectivity index (χ4v) is 2.79. The molecule has 2 rings (SSSR count). The lowest BCUT2D eigenvalue weighted by atomic mass is 10.1. The van der Waals surface area contributed by atoms with Gasteiger partial charge in [0.15, 0.2) is 0 Å². The van der Waals surface area contributed by atoms with E-state index in [2.05, 4.69) is 31.4 Å². The minimum Gasteiger partial charge on any atom is -0.497 e. The van der Waals surface area contributed by atoms with Crippen molar-refractivity contribution in [1.29, 1.82) is 0 Å². The monoisotopic (exact) mass is 372 g/mol. The van der Waals surface area contributed by atoms with Crippen molar-refractivity contribution in [3.63, 3.8) is 0 Å². The summed E-state index contributed by atoms with van der Waals surface area (Å²) in [7, 11) is 1.57. The highest BCUT2D eigenvalue weighted by Crippen LogP contribution is 2.24. The summed E-state index contributed by atoms with van der Waals surface area (Å²) < 4.78 is 5.16. The molecule has 2 amide bonds. The van der Waals surface area contributed by atoms with E-state index in [-0.39, 0.29) is 16.6 Å². The van der Waals surface area contributed by atoms with E-state index in [0.717, 1.165) is 0 Å². The van der Waals surface area contributed by atoms with Gasteiger partial charge in [-0.25, -0.2) is 0 Å². The Morgan fingerprint density at radius 2 is 1.77 bits per heavy atom. The van der Waals surface area contributed by atoms with Crippen LogP contribution in [0.2, 0.25) is 0 Å². The molecule has 0 aliphatic rings. The van der Waals surface area contributed by atoms with Gasteiger partial charge in [-0.1, -0.05) is 39.0 Å². The predicted molar refractivity (Wildman–Crippen MR) is 108 cm³/mol. The van der Waals surface area contributed by atoms with Crippen LogP contribution in [0.4, 0.5) is 11.4 Å². The molecule has 2 N–H and O–H groups in total. The Labute approximate surface area is 158 Å². The highest BCUT2D eigenvalue weighted by Gasteiger charge is 2.16. The fraction of sp³-hybridized carbons (Fsp3) is 0.300. The molecule has 0 aromatic heterocycles. The predicted octanol–water partition coefficient (Wildman–Crippen LogP) is 4.42. The van der Waals surface area contributed by atoms with Gasteiger partial charge in [-0.2, -0.15) is 0 Å². The SMILES string of the molecule is COc1cccc(NC(=O)c2ccccc2NC(=O)CSC(C)(C)C)c1. The van der Waals surface area contributed by atoms with Crippen LogP contribution in [0.25, 0.3) is 0 Å². The maximum atomic E-state index is 12.6. The first kappa shape index (κ1) is 19.8. The molecule has 0 aliphatic heterocycles. The summed E-state index contributed by atoms with van der Waals surface area (Å²) in [5, 5.41) is 5.65. The number of amides is 2. The zero-order valence-electron chi connectivity index (χ0n) is 15.5. The molecule has 0 spiro atoms. The number of carbonyl (C=O) groups excluding carboxylic acids is 2. The van der Waals surface area contributed by atoms with Gasteiger partial charge in [0, 0.05) is 16.5 Å². The molecule has 0 saturated carbocycles. The van der Waals surface area contributed by atoms with Crippen molar-refractivity contribution >= 4 is 35.0 Å². The van der Waals surface area contributed by atoms with Crippen LogP contribution in [-0.4, -0.2) is 29.4 Å². The molecule has 5 nitrogen and oxygen atoms in total. The topological polar surface area (TPSA) is 67.4 Å². The van der Waals surface area contributed by atoms with Gasteiger partial charge in [-0.15, -0.1) is 11.8 Å². The molecule has 0 fully saturated rings. The van der Waals surface area contributed by atoms with Crippen LogP contribution in [-0.2, 0) is 4.79 Å². The van der Waals surface area contributed by atoms with Crippen molar-refractivity contribution in [3.05, 3.63) is 54.1 Å². The maximum Gasteiger partial charge on any atom is 0.257 e. The number of nitrogens with one attached hydrogen (secondary N) is 2. The second-order valence-electron chi connectivity index (χ2n) is 6.68. The van der Waals surface area contributed by atoms with Crippen molar-refractivity contribution in [2.75, 3.05) is 23.5 Å². The normalized spacial score (nSPS) is 10.9. The average Bonchev–Trinajstić information content (AvgIpc) is 2.60. The molecule has 0 bridgehead atoms. The van der Waals surface area contributed by atoms with E-state index < -0.39 is 0 Å². The van der Waals surface area contributed by atoms with Gasteiger partial charge in [-0.3, -0.25) is 9.59 Å². The van der Waals surface area contributed by atoms with E-state index in [1.165, 1.54) is 0 Å². The van der Waals surface area contributed by atoms with Gasteiger partial charge < -0.3 is 15.4 Å². The summed E-state index contributed by atoms with van der Waals surface area (Å²) in [5.41, 5.74) is 1.52. The Morgan fingerprint density at radius 3 is 2.46 bits per heavy atom. The first-order valence-corrected chi connectivity index (χ1v) is 9.25. The Hall–Kier alpha value is -2.47. The number of anilines is 2. The Bertz CT molecular complexity index is 785. The van der Waals surface area contributed by atoms with Gasteiger partial charge in [0.05, 0.1) is 24.1 Å². The first-order chi connectivity index (χ1) is 12.3. The summed E-state index contributed by atoms with van der Waals surface area (Å²) in [5.74, 6) is 0.558. The number of methoxy groups -OCH3 is 1. The third kappa shape index (κ3) is 6.11. The van der Waals surface area contributed by atoms with Crippen LogP contribution < -0.4 is 15.4 Å². The standard InChI is InChI=1S/C20H24N2O3S/c1-20(2,3)26-13-18(23)22-17-11-6-5-10-16(17)19(24)21-14-8-7-9-15(12-14)25-4/h5-12H,13H2,1-4H3,(H,21,24)(H,22,23). The molecule has 26 heavy (non-hydrogen) atoms. The molecule has 0 saturated heterocycles. The van der Waals surface area contributed by atoms with Crippen molar-refractivity contribution in [2.45, 2.75) is 25.5 Å². The maximum absolute atomic E-state index is 12.6. The van der Waals surface area contributed by atoms with Gasteiger partial charge >= 0.3 is 0 Å². The summed E-state index contributed by atoms with van der Waals surface area (Å²) in [6.45, 7) is 6.17. The van der Waals surface area contributed by atoms with Crippen LogP contribution in [0.5, 0.6) is 5.75 Å². The largest absolute Gasteiger partial charge is 0.497 e. The van der Waals surface area contributed by atoms with E-state index >= 15 is 0 Å². The van der Waals surface area contributed by atoms with E-state index in [1.54, 1.807) is 67.4 Å². The summed E-state index contributed by atoms with van der Waals surface area (Å²) in [6, 6.07) is 14.1. The molecular formula is C20H24N2O3S. The zero-order valence-corrected chi connectivity index (χ0v) is 16.3. The van der Waals surface area contributed by atoms with Crippen LogP contribution in [0, 0.1) is 0 Å². The van der Waals surface area contributed by atoms with Crippen molar-refractivity contribution in [3.8, 4) is 5.75 Å². The highest BCUT2D eigenvalue weighted by atomic mass is 32.2. The molecule has 2 aromatic rings. The number of para-hydroxylation sites is 1. The number of thioether (sulfide) groups is 1. The Balaban J connectivity index is 2.09. The van der Waals surface area contributed by atoms with Crippen LogP contribution in [0.1, 0.15) is 31.1 Å². The number of hydrogen-bond acceptors (Lipinski definition) is 4. The number of rotatable bonds is 6. The number of benzene rings is 2. The lowest BCUT2D eigenvalue weighted by molar-refractivity contribution is -0.113. The minimum absolute atomic E-state index is 0.000593. The van der Waals surface area contributed by atoms with Gasteiger partial charge in [0.2, 0.25) is 5.91 Å². The van der Waals surface area contributed by atoms with E-state index in [1.807, 2.05) is 0 Å². The molecule has 2 aromatic carbocycles. The molecule has 138 valence electrons. The van der Waals surface area contributed by atoms with E-state index in [4.69, 9.17) is 4.74 Å². The van der Waals surface area contributed by atoms with Crippen molar-refractivity contribution < 1.29 is 14.3 Å². The lowest BCUT2D eigenvalue weighted by Gasteiger charge is -2.17. The van der Waals surface area contributed by atoms with Gasteiger partial charge in [0.1, 0.15) is 5.75 Å². The molecule has 0 atom stereocenters. The smallest absolute Gasteiger partial charge is 0.257 e. The number of hydrogen-bond donors (Lipinski definition) is 2. The highest BCUT2D eigenvalue weighted by molar-refractivity contribution is 8.01. The molecule has 0 unspecified atom stereocenters. The zero-order chi connectivity index (χ0) is 19.2. The molecular weight excluding hydrogens is 348 g/mol. The summed E-state index contributed by atoms with van der Waals surface area (Å²) >= 11 is 1.56. The molecule has 6 heteroatoms. The third-order valence-corrected chi connectivity index (χ3v) is 4.68. The second kappa shape index (κ2) is 8.76. The van der Waals surface area contributed by atoms with E-state index in [9.17, 15) is 9.59 Å². The third-order valence-electron chi connectivity index (χ3n) is 3.41. The molecule has 0 radical (unpaired) electrons. The van der Waals surface area contributed by atoms with Crippen molar-refractivity contribution in [1.82, 2.24) is 0 Å². The van der Waals surface area contributed by atoms with Crippen LogP contribution in [0.3, 0.4) is 0 Å². The molecule has 0 aliphatic carbocycles. The average molecular weight is 372 g/mol. The van der Waals surface area contributed by atoms with E-state index in [0.29, 0.717) is 28.4 Å². The summed E-state index contributed by atoms with van der Waals surface area (Å²) in [4.78, 5) is 24.8. The Kier molecular flexibility index (Phi) is 6.69. The van der Waals surface area contributed by atoms with Gasteiger partial charge in [-0.05, 0) is 24.3 Å². The van der Waals surface area contributed by atoms with Crippen LogP contribution in [0.15, 0.2) is 48.5 Å². The Morgan fingerprint density at radius 1 is 1.04 bits per heavy atom. The van der Waals surface area contributed by atoms with Gasteiger partial charge in [0.25, 0.3) is 5.91 Å². The lowest BCUT2D eigenvalue weighted by Crippen LogP contribution is -2.21. The molecule has 0 heterocycles. The minimum atomic E-state index is -0.294. The fourth-order valence-electron chi connectivity index (χ4n) is 2.16.